The fourth-order valence-electron chi connectivity index (χ4n) is 2.14. The molecule has 0 unspecified atom stereocenters. The number of carbonyl (C=O) groups is 1. The highest BCUT2D eigenvalue weighted by atomic mass is 35.5. The van der Waals surface area contributed by atoms with Crippen molar-refractivity contribution in [3.63, 3.8) is 0 Å². The SMILES string of the molecule is N#C/C(=C/NCCc1ccccc1F)C(=O)Nc1cc([N+](=O)[O-])ccc1Cl. The summed E-state index contributed by atoms with van der Waals surface area (Å²) in [5.74, 6) is -1.11. The van der Waals surface area contributed by atoms with E-state index in [2.05, 4.69) is 10.6 Å². The molecule has 0 atom stereocenters. The normalized spacial score (nSPS) is 10.8. The van der Waals surface area contributed by atoms with Gasteiger partial charge in [-0.3, -0.25) is 14.9 Å². The molecule has 9 heteroatoms. The summed E-state index contributed by atoms with van der Waals surface area (Å²) in [7, 11) is 0. The van der Waals surface area contributed by atoms with Crippen molar-refractivity contribution in [3.8, 4) is 6.07 Å². The van der Waals surface area contributed by atoms with Gasteiger partial charge in [0.2, 0.25) is 0 Å². The highest BCUT2D eigenvalue weighted by Gasteiger charge is 2.14. The van der Waals surface area contributed by atoms with Gasteiger partial charge in [-0.15, -0.1) is 0 Å². The molecule has 2 aromatic carbocycles. The van der Waals surface area contributed by atoms with E-state index in [0.29, 0.717) is 18.5 Å². The zero-order valence-electron chi connectivity index (χ0n) is 13.9. The number of non-ortho nitro benzene ring substituents is 1. The molecule has 2 rings (SSSR count). The van der Waals surface area contributed by atoms with Crippen molar-refractivity contribution >= 4 is 28.9 Å². The van der Waals surface area contributed by atoms with Gasteiger partial charge < -0.3 is 10.6 Å². The Morgan fingerprint density at radius 3 is 2.74 bits per heavy atom. The Morgan fingerprint density at radius 1 is 1.33 bits per heavy atom. The largest absolute Gasteiger partial charge is 0.389 e. The van der Waals surface area contributed by atoms with Gasteiger partial charge in [0.1, 0.15) is 17.5 Å². The van der Waals surface area contributed by atoms with Crippen LogP contribution >= 0.6 is 11.6 Å². The van der Waals surface area contributed by atoms with E-state index >= 15 is 0 Å². The number of halogens is 2. The Balaban J connectivity index is 2.00. The minimum Gasteiger partial charge on any atom is -0.389 e. The number of benzene rings is 2. The highest BCUT2D eigenvalue weighted by Crippen LogP contribution is 2.26. The molecule has 0 fully saturated rings. The molecular formula is C18H14ClFN4O3. The van der Waals surface area contributed by atoms with Crippen LogP contribution in [0.15, 0.2) is 54.2 Å². The molecule has 0 spiro atoms. The number of nitrogens with zero attached hydrogens (tertiary/aromatic N) is 2. The molecule has 2 aromatic rings. The standard InChI is InChI=1S/C18H14ClFN4O3/c19-15-6-5-14(24(26)27)9-17(15)23-18(25)13(10-21)11-22-8-7-12-3-1-2-4-16(12)20/h1-6,9,11,22H,7-8H2,(H,23,25)/b13-11-. The maximum Gasteiger partial charge on any atom is 0.271 e. The van der Waals surface area contributed by atoms with Gasteiger partial charge in [0.05, 0.1) is 15.6 Å². The molecule has 2 N–H and O–H groups in total. The van der Waals surface area contributed by atoms with Crippen LogP contribution in [0.2, 0.25) is 5.02 Å². The molecule has 0 radical (unpaired) electrons. The van der Waals surface area contributed by atoms with Gasteiger partial charge in [0.15, 0.2) is 0 Å². The van der Waals surface area contributed by atoms with E-state index in [1.165, 1.54) is 24.4 Å². The number of hydrogen-bond acceptors (Lipinski definition) is 5. The summed E-state index contributed by atoms with van der Waals surface area (Å²) in [6.07, 6.45) is 1.56. The topological polar surface area (TPSA) is 108 Å². The highest BCUT2D eigenvalue weighted by molar-refractivity contribution is 6.34. The molecule has 0 bridgehead atoms. The van der Waals surface area contributed by atoms with Crippen LogP contribution in [0, 0.1) is 27.3 Å². The van der Waals surface area contributed by atoms with Gasteiger partial charge in [-0.1, -0.05) is 29.8 Å². The van der Waals surface area contributed by atoms with E-state index in [0.717, 1.165) is 6.07 Å². The Labute approximate surface area is 159 Å². The number of anilines is 1. The van der Waals surface area contributed by atoms with Gasteiger partial charge in [-0.05, 0) is 24.1 Å². The molecule has 0 aromatic heterocycles. The molecule has 138 valence electrons. The Bertz CT molecular complexity index is 940. The first kappa shape index (κ1) is 19.9. The number of nitro groups is 1. The molecule has 0 aliphatic carbocycles. The van der Waals surface area contributed by atoms with Gasteiger partial charge >= 0.3 is 0 Å². The number of nitro benzene ring substituents is 1. The lowest BCUT2D eigenvalue weighted by atomic mass is 10.1. The predicted molar refractivity (Wildman–Crippen MR) is 98.5 cm³/mol. The lowest BCUT2D eigenvalue weighted by molar-refractivity contribution is -0.384. The summed E-state index contributed by atoms with van der Waals surface area (Å²) < 4.78 is 13.5. The fraction of sp³-hybridized carbons (Fsp3) is 0.111. The van der Waals surface area contributed by atoms with Crippen LogP contribution in [0.3, 0.4) is 0 Å². The first-order valence-corrected chi connectivity index (χ1v) is 8.12. The number of amides is 1. The maximum absolute atomic E-state index is 13.5. The van der Waals surface area contributed by atoms with Crippen molar-refractivity contribution < 1.29 is 14.1 Å². The van der Waals surface area contributed by atoms with Gasteiger partial charge in [-0.25, -0.2) is 4.39 Å². The second-order valence-electron chi connectivity index (χ2n) is 5.34. The zero-order valence-corrected chi connectivity index (χ0v) is 14.7. The number of nitriles is 1. The van der Waals surface area contributed by atoms with Crippen LogP contribution in [0.4, 0.5) is 15.8 Å². The van der Waals surface area contributed by atoms with E-state index in [-0.39, 0.29) is 27.8 Å². The Morgan fingerprint density at radius 2 is 2.07 bits per heavy atom. The third-order valence-electron chi connectivity index (χ3n) is 3.52. The van der Waals surface area contributed by atoms with Crippen molar-refractivity contribution in [1.82, 2.24) is 5.32 Å². The lowest BCUT2D eigenvalue weighted by Gasteiger charge is -2.07. The van der Waals surface area contributed by atoms with Crippen molar-refractivity contribution in [2.45, 2.75) is 6.42 Å². The van der Waals surface area contributed by atoms with E-state index < -0.39 is 10.8 Å². The van der Waals surface area contributed by atoms with E-state index in [1.54, 1.807) is 24.3 Å². The quantitative estimate of drug-likeness (QED) is 0.248. The monoisotopic (exact) mass is 388 g/mol. The average molecular weight is 389 g/mol. The summed E-state index contributed by atoms with van der Waals surface area (Å²) >= 11 is 5.91. The van der Waals surface area contributed by atoms with Crippen molar-refractivity contribution in [1.29, 1.82) is 5.26 Å². The summed E-state index contributed by atoms with van der Waals surface area (Å²) in [4.78, 5) is 22.3. The second-order valence-corrected chi connectivity index (χ2v) is 5.75. The van der Waals surface area contributed by atoms with Crippen molar-refractivity contribution in [3.05, 3.63) is 80.8 Å². The van der Waals surface area contributed by atoms with E-state index in [9.17, 15) is 19.3 Å². The average Bonchev–Trinajstić information content (AvgIpc) is 2.64. The maximum atomic E-state index is 13.5. The van der Waals surface area contributed by atoms with E-state index in [1.807, 2.05) is 0 Å². The predicted octanol–water partition coefficient (Wildman–Crippen LogP) is 3.57. The van der Waals surface area contributed by atoms with Gasteiger partial charge in [0.25, 0.3) is 11.6 Å². The molecule has 1 amide bonds. The first-order chi connectivity index (χ1) is 12.9. The van der Waals surface area contributed by atoms with E-state index in [4.69, 9.17) is 16.9 Å². The fourth-order valence-corrected chi connectivity index (χ4v) is 2.31. The molecule has 0 aliphatic heterocycles. The first-order valence-electron chi connectivity index (χ1n) is 7.74. The van der Waals surface area contributed by atoms with Crippen LogP contribution < -0.4 is 10.6 Å². The van der Waals surface area contributed by atoms with Gasteiger partial charge in [-0.2, -0.15) is 5.26 Å². The van der Waals surface area contributed by atoms with Crippen molar-refractivity contribution in [2.75, 3.05) is 11.9 Å². The number of rotatable bonds is 7. The molecule has 0 saturated heterocycles. The number of carbonyl (C=O) groups excluding carboxylic acids is 1. The Kier molecular flexibility index (Phi) is 6.86. The van der Waals surface area contributed by atoms with Crippen LogP contribution in [-0.4, -0.2) is 17.4 Å². The third kappa shape index (κ3) is 5.52. The molecule has 7 nitrogen and oxygen atoms in total. The second kappa shape index (κ2) is 9.31. The zero-order chi connectivity index (χ0) is 19.8. The minimum absolute atomic E-state index is 0.0170. The number of nitrogens with one attached hydrogen (secondary N) is 2. The molecule has 0 aliphatic rings. The molecule has 0 saturated carbocycles. The molecular weight excluding hydrogens is 375 g/mol. The van der Waals surface area contributed by atoms with Gasteiger partial charge in [0, 0.05) is 24.9 Å². The van der Waals surface area contributed by atoms with Crippen LogP contribution in [-0.2, 0) is 11.2 Å². The summed E-state index contributed by atoms with van der Waals surface area (Å²) in [5.41, 5.74) is 0.0133. The summed E-state index contributed by atoms with van der Waals surface area (Å²) in [6.45, 7) is 0.303. The summed E-state index contributed by atoms with van der Waals surface area (Å²) in [6, 6.07) is 11.6. The third-order valence-corrected chi connectivity index (χ3v) is 3.85. The Hall–Kier alpha value is -3.44. The van der Waals surface area contributed by atoms with Crippen molar-refractivity contribution in [2.24, 2.45) is 0 Å². The summed E-state index contributed by atoms with van der Waals surface area (Å²) in [5, 5.41) is 25.2. The lowest BCUT2D eigenvalue weighted by Crippen LogP contribution is -2.18. The smallest absolute Gasteiger partial charge is 0.271 e. The van der Waals surface area contributed by atoms with Crippen LogP contribution in [0.25, 0.3) is 0 Å². The number of hydrogen-bond donors (Lipinski definition) is 2. The minimum atomic E-state index is -0.779. The van der Waals surface area contributed by atoms with Crippen LogP contribution in [0.5, 0.6) is 0 Å². The van der Waals surface area contributed by atoms with Crippen LogP contribution in [0.1, 0.15) is 5.56 Å². The molecule has 0 heterocycles. The molecule has 27 heavy (non-hydrogen) atoms.